The molecule has 1 aliphatic rings. The molecule has 4 N–H and O–H groups in total. The Balaban J connectivity index is 2.44. The fourth-order valence-corrected chi connectivity index (χ4v) is 1.97. The second kappa shape index (κ2) is 3.32. The molecule has 0 aliphatic carbocycles. The van der Waals surface area contributed by atoms with E-state index in [0.717, 1.165) is 0 Å². The molecule has 0 aromatic heterocycles. The number of para-hydroxylation sites is 1. The number of aliphatic hydroxyl groups is 1. The fraction of sp³-hybridized carbons (Fsp3) is 0.364. The van der Waals surface area contributed by atoms with Crippen molar-refractivity contribution in [1.82, 2.24) is 0 Å². The standard InChI is InChI=1S/C11H14N2O2/c1-7(12)6-11(15)8-4-2-3-5-9(8)13-10(11)14/h2-5,7,15H,6,12H2,1H3,(H,13,14). The van der Waals surface area contributed by atoms with Crippen molar-refractivity contribution in [2.24, 2.45) is 5.73 Å². The van der Waals surface area contributed by atoms with Crippen molar-refractivity contribution in [3.63, 3.8) is 0 Å². The van der Waals surface area contributed by atoms with Gasteiger partial charge in [0.25, 0.3) is 5.91 Å². The number of hydrogen-bond acceptors (Lipinski definition) is 3. The van der Waals surface area contributed by atoms with Crippen LogP contribution >= 0.6 is 0 Å². The third kappa shape index (κ3) is 1.52. The maximum atomic E-state index is 11.7. The van der Waals surface area contributed by atoms with Crippen molar-refractivity contribution >= 4 is 11.6 Å². The molecule has 2 atom stereocenters. The van der Waals surface area contributed by atoms with Gasteiger partial charge >= 0.3 is 0 Å². The molecule has 0 spiro atoms. The molecule has 1 heterocycles. The first-order valence-electron chi connectivity index (χ1n) is 4.93. The van der Waals surface area contributed by atoms with Crippen LogP contribution in [0.3, 0.4) is 0 Å². The molecule has 2 unspecified atom stereocenters. The summed E-state index contributed by atoms with van der Waals surface area (Å²) >= 11 is 0. The lowest BCUT2D eigenvalue weighted by Gasteiger charge is -2.22. The summed E-state index contributed by atoms with van der Waals surface area (Å²) in [7, 11) is 0. The van der Waals surface area contributed by atoms with Crippen molar-refractivity contribution in [1.29, 1.82) is 0 Å². The number of carbonyl (C=O) groups is 1. The first-order valence-corrected chi connectivity index (χ1v) is 4.93. The van der Waals surface area contributed by atoms with Crippen LogP contribution in [0.15, 0.2) is 24.3 Å². The number of amides is 1. The van der Waals surface area contributed by atoms with Gasteiger partial charge in [-0.15, -0.1) is 0 Å². The maximum Gasteiger partial charge on any atom is 0.261 e. The van der Waals surface area contributed by atoms with Crippen molar-refractivity contribution in [3.05, 3.63) is 29.8 Å². The number of hydrogen-bond donors (Lipinski definition) is 3. The highest BCUT2D eigenvalue weighted by molar-refractivity contribution is 6.04. The molecule has 0 saturated carbocycles. The van der Waals surface area contributed by atoms with Gasteiger partial charge < -0.3 is 16.2 Å². The Kier molecular flexibility index (Phi) is 2.25. The largest absolute Gasteiger partial charge is 0.375 e. The monoisotopic (exact) mass is 206 g/mol. The number of nitrogens with one attached hydrogen (secondary N) is 1. The molecule has 0 fully saturated rings. The molecule has 4 nitrogen and oxygen atoms in total. The number of nitrogens with two attached hydrogens (primary N) is 1. The van der Waals surface area contributed by atoms with Crippen LogP contribution in [-0.2, 0) is 10.4 Å². The Hall–Kier alpha value is -1.39. The Morgan fingerprint density at radius 1 is 1.53 bits per heavy atom. The van der Waals surface area contributed by atoms with Crippen LogP contribution in [0.25, 0.3) is 0 Å². The summed E-state index contributed by atoms with van der Waals surface area (Å²) in [4.78, 5) is 11.7. The minimum atomic E-state index is -1.47. The zero-order valence-electron chi connectivity index (χ0n) is 8.53. The molecule has 0 saturated heterocycles. The first-order chi connectivity index (χ1) is 7.04. The highest BCUT2D eigenvalue weighted by Gasteiger charge is 2.45. The lowest BCUT2D eigenvalue weighted by Crippen LogP contribution is -2.39. The van der Waals surface area contributed by atoms with Gasteiger partial charge in [-0.05, 0) is 13.0 Å². The van der Waals surface area contributed by atoms with E-state index in [0.29, 0.717) is 11.3 Å². The van der Waals surface area contributed by atoms with Crippen molar-refractivity contribution in [2.45, 2.75) is 25.0 Å². The molecule has 1 amide bonds. The van der Waals surface area contributed by atoms with Crippen molar-refractivity contribution in [2.75, 3.05) is 5.32 Å². The quantitative estimate of drug-likeness (QED) is 0.662. The number of fused-ring (bicyclic) bond motifs is 1. The number of benzene rings is 1. The molecule has 80 valence electrons. The van der Waals surface area contributed by atoms with Crippen molar-refractivity contribution < 1.29 is 9.90 Å². The Bertz CT molecular complexity index is 403. The summed E-state index contributed by atoms with van der Waals surface area (Å²) in [6.45, 7) is 1.77. The third-order valence-electron chi connectivity index (χ3n) is 2.61. The summed E-state index contributed by atoms with van der Waals surface area (Å²) in [5.74, 6) is -0.388. The van der Waals surface area contributed by atoms with E-state index in [1.165, 1.54) is 0 Å². The summed E-state index contributed by atoms with van der Waals surface area (Å²) in [6.07, 6.45) is 0.232. The van der Waals surface area contributed by atoms with Gasteiger partial charge in [-0.1, -0.05) is 18.2 Å². The maximum absolute atomic E-state index is 11.7. The van der Waals surface area contributed by atoms with Gasteiger partial charge in [0.05, 0.1) is 0 Å². The Morgan fingerprint density at radius 3 is 2.87 bits per heavy atom. The predicted molar refractivity (Wildman–Crippen MR) is 57.2 cm³/mol. The molecule has 1 aromatic carbocycles. The minimum Gasteiger partial charge on any atom is -0.375 e. The van der Waals surface area contributed by atoms with Crippen molar-refractivity contribution in [3.8, 4) is 0 Å². The second-order valence-corrected chi connectivity index (χ2v) is 4.04. The predicted octanol–water partition coefficient (Wildman–Crippen LogP) is 0.564. The van der Waals surface area contributed by atoms with Gasteiger partial charge in [-0.25, -0.2) is 0 Å². The highest BCUT2D eigenvalue weighted by Crippen LogP contribution is 2.38. The number of carbonyl (C=O) groups excluding carboxylic acids is 1. The lowest BCUT2D eigenvalue weighted by atomic mass is 9.89. The van der Waals surface area contributed by atoms with Crippen LogP contribution in [-0.4, -0.2) is 17.1 Å². The molecule has 15 heavy (non-hydrogen) atoms. The summed E-state index contributed by atoms with van der Waals surface area (Å²) in [5, 5.41) is 12.9. The summed E-state index contributed by atoms with van der Waals surface area (Å²) in [6, 6.07) is 6.90. The highest BCUT2D eigenvalue weighted by atomic mass is 16.3. The van der Waals surface area contributed by atoms with E-state index in [1.807, 2.05) is 6.07 Å². The van der Waals surface area contributed by atoms with Crippen LogP contribution < -0.4 is 11.1 Å². The molecule has 1 aliphatic heterocycles. The molecule has 4 heteroatoms. The third-order valence-corrected chi connectivity index (χ3v) is 2.61. The van der Waals surface area contributed by atoms with Crippen LogP contribution in [0.1, 0.15) is 18.9 Å². The fourth-order valence-electron chi connectivity index (χ4n) is 1.97. The molecular formula is C11H14N2O2. The zero-order chi connectivity index (χ0) is 11.1. The minimum absolute atomic E-state index is 0.230. The van der Waals surface area contributed by atoms with E-state index in [-0.39, 0.29) is 18.4 Å². The van der Waals surface area contributed by atoms with Crippen LogP contribution in [0.2, 0.25) is 0 Å². The van der Waals surface area contributed by atoms with E-state index < -0.39 is 5.60 Å². The van der Waals surface area contributed by atoms with Crippen LogP contribution in [0.4, 0.5) is 5.69 Å². The topological polar surface area (TPSA) is 75.3 Å². The number of anilines is 1. The van der Waals surface area contributed by atoms with Crippen LogP contribution in [0, 0.1) is 0 Å². The van der Waals surface area contributed by atoms with Crippen LogP contribution in [0.5, 0.6) is 0 Å². The molecule has 1 aromatic rings. The van der Waals surface area contributed by atoms with E-state index in [2.05, 4.69) is 5.32 Å². The second-order valence-electron chi connectivity index (χ2n) is 4.04. The van der Waals surface area contributed by atoms with E-state index in [1.54, 1.807) is 25.1 Å². The molecule has 0 radical (unpaired) electrons. The smallest absolute Gasteiger partial charge is 0.261 e. The first kappa shape index (κ1) is 10.1. The molecular weight excluding hydrogens is 192 g/mol. The summed E-state index contributed by atoms with van der Waals surface area (Å²) in [5.41, 5.74) is 5.46. The molecule has 0 bridgehead atoms. The van der Waals surface area contributed by atoms with Gasteiger partial charge in [0, 0.05) is 23.7 Å². The van der Waals surface area contributed by atoms with Gasteiger partial charge in [0.2, 0.25) is 0 Å². The average molecular weight is 206 g/mol. The summed E-state index contributed by atoms with van der Waals surface area (Å²) < 4.78 is 0. The van der Waals surface area contributed by atoms with E-state index in [9.17, 15) is 9.90 Å². The van der Waals surface area contributed by atoms with Gasteiger partial charge in [0.15, 0.2) is 5.60 Å². The SMILES string of the molecule is CC(N)CC1(O)C(=O)Nc2ccccc21. The van der Waals surface area contributed by atoms with Gasteiger partial charge in [-0.3, -0.25) is 4.79 Å². The molecule has 2 rings (SSSR count). The zero-order valence-corrected chi connectivity index (χ0v) is 8.53. The lowest BCUT2D eigenvalue weighted by molar-refractivity contribution is -0.134. The Labute approximate surface area is 88.1 Å². The Morgan fingerprint density at radius 2 is 2.20 bits per heavy atom. The normalized spacial score (nSPS) is 25.9. The number of rotatable bonds is 2. The van der Waals surface area contributed by atoms with Gasteiger partial charge in [-0.2, -0.15) is 0 Å². The van der Waals surface area contributed by atoms with E-state index >= 15 is 0 Å². The van der Waals surface area contributed by atoms with E-state index in [4.69, 9.17) is 5.73 Å². The average Bonchev–Trinajstić information content (AvgIpc) is 2.39. The van der Waals surface area contributed by atoms with Gasteiger partial charge in [0.1, 0.15) is 0 Å².